The van der Waals surface area contributed by atoms with E-state index in [1.165, 1.54) is 0 Å². The van der Waals surface area contributed by atoms with Crippen LogP contribution in [0.5, 0.6) is 5.75 Å². The van der Waals surface area contributed by atoms with Crippen LogP contribution in [0, 0.1) is 0 Å². The lowest BCUT2D eigenvalue weighted by Gasteiger charge is -2.10. The molecule has 1 atom stereocenters. The zero-order valence-electron chi connectivity index (χ0n) is 9.65. The summed E-state index contributed by atoms with van der Waals surface area (Å²) in [5.74, 6) is -1.01. The summed E-state index contributed by atoms with van der Waals surface area (Å²) in [6.07, 6.45) is -5.87. The minimum Gasteiger partial charge on any atom is -0.406 e. The van der Waals surface area contributed by atoms with Gasteiger partial charge in [-0.1, -0.05) is 0 Å². The van der Waals surface area contributed by atoms with Gasteiger partial charge in [-0.2, -0.15) is 0 Å². The Labute approximate surface area is 106 Å². The van der Waals surface area contributed by atoms with E-state index in [0.29, 0.717) is 0 Å². The minimum absolute atomic E-state index is 0.111. The lowest BCUT2D eigenvalue weighted by molar-refractivity contribution is -0.274. The van der Waals surface area contributed by atoms with E-state index in [9.17, 15) is 18.0 Å². The second-order valence-corrected chi connectivity index (χ2v) is 3.62. The zero-order chi connectivity index (χ0) is 14.5. The molecule has 0 fully saturated rings. The number of alkyl halides is 3. The zero-order valence-corrected chi connectivity index (χ0v) is 9.65. The van der Waals surface area contributed by atoms with E-state index in [4.69, 9.17) is 10.2 Å². The van der Waals surface area contributed by atoms with Crippen molar-refractivity contribution in [1.82, 2.24) is 5.32 Å². The number of carbonyl (C=O) groups is 1. The Hall–Kier alpha value is -1.80. The summed E-state index contributed by atoms with van der Waals surface area (Å²) < 4.78 is 39.3. The molecule has 1 amide bonds. The summed E-state index contributed by atoms with van der Waals surface area (Å²) in [5.41, 5.74) is 0.111. The van der Waals surface area contributed by atoms with Gasteiger partial charge in [0.15, 0.2) is 0 Å². The van der Waals surface area contributed by atoms with Gasteiger partial charge >= 0.3 is 6.36 Å². The number of nitrogens with one attached hydrogen (secondary N) is 1. The molecule has 1 aromatic carbocycles. The Morgan fingerprint density at radius 1 is 1.32 bits per heavy atom. The van der Waals surface area contributed by atoms with E-state index in [-0.39, 0.29) is 12.1 Å². The van der Waals surface area contributed by atoms with Crippen LogP contribution >= 0.6 is 0 Å². The third-order valence-electron chi connectivity index (χ3n) is 2.06. The molecule has 0 aliphatic carbocycles. The fourth-order valence-corrected chi connectivity index (χ4v) is 1.19. The molecular weight excluding hydrogens is 267 g/mol. The molecule has 5 nitrogen and oxygen atoms in total. The van der Waals surface area contributed by atoms with Crippen LogP contribution in [-0.2, 0) is 0 Å². The van der Waals surface area contributed by atoms with Crippen LogP contribution in [-0.4, -0.2) is 41.7 Å². The Morgan fingerprint density at radius 3 is 2.37 bits per heavy atom. The van der Waals surface area contributed by atoms with Gasteiger partial charge in [0.2, 0.25) is 0 Å². The quantitative estimate of drug-likeness (QED) is 0.740. The third kappa shape index (κ3) is 5.58. The number of halogens is 3. The molecule has 19 heavy (non-hydrogen) atoms. The number of carbonyl (C=O) groups excluding carboxylic acids is 1. The highest BCUT2D eigenvalue weighted by molar-refractivity contribution is 5.94. The molecule has 0 bridgehead atoms. The number of benzene rings is 1. The van der Waals surface area contributed by atoms with E-state index in [0.717, 1.165) is 24.3 Å². The van der Waals surface area contributed by atoms with Crippen LogP contribution in [0.1, 0.15) is 10.4 Å². The van der Waals surface area contributed by atoms with Crippen LogP contribution in [0.2, 0.25) is 0 Å². The van der Waals surface area contributed by atoms with Gasteiger partial charge in [-0.3, -0.25) is 4.79 Å². The minimum atomic E-state index is -4.78. The highest BCUT2D eigenvalue weighted by Gasteiger charge is 2.31. The molecule has 8 heteroatoms. The van der Waals surface area contributed by atoms with Gasteiger partial charge < -0.3 is 20.3 Å². The fourth-order valence-electron chi connectivity index (χ4n) is 1.19. The number of aliphatic hydroxyl groups is 2. The molecule has 0 saturated carbocycles. The lowest BCUT2D eigenvalue weighted by Crippen LogP contribution is -2.33. The Kier molecular flexibility index (Phi) is 5.13. The first kappa shape index (κ1) is 15.3. The predicted octanol–water partition coefficient (Wildman–Crippen LogP) is 0.668. The lowest BCUT2D eigenvalue weighted by atomic mass is 10.2. The number of ether oxygens (including phenoxy) is 1. The summed E-state index contributed by atoms with van der Waals surface area (Å²) in [5, 5.41) is 19.9. The Morgan fingerprint density at radius 2 is 1.89 bits per heavy atom. The molecule has 0 aromatic heterocycles. The molecule has 0 spiro atoms. The second kappa shape index (κ2) is 6.39. The Bertz CT molecular complexity index is 419. The van der Waals surface area contributed by atoms with Crippen molar-refractivity contribution >= 4 is 5.91 Å². The van der Waals surface area contributed by atoms with Crippen molar-refractivity contribution in [2.75, 3.05) is 13.2 Å². The van der Waals surface area contributed by atoms with E-state index in [1.54, 1.807) is 0 Å². The van der Waals surface area contributed by atoms with E-state index < -0.39 is 30.7 Å². The molecular formula is C11H12F3NO4. The molecule has 0 radical (unpaired) electrons. The van der Waals surface area contributed by atoms with Gasteiger partial charge in [-0.05, 0) is 24.3 Å². The van der Waals surface area contributed by atoms with Crippen molar-refractivity contribution in [1.29, 1.82) is 0 Å². The van der Waals surface area contributed by atoms with Crippen molar-refractivity contribution in [2.45, 2.75) is 12.5 Å². The number of hydrogen-bond acceptors (Lipinski definition) is 4. The molecule has 3 N–H and O–H groups in total. The largest absolute Gasteiger partial charge is 0.573 e. The highest BCUT2D eigenvalue weighted by Crippen LogP contribution is 2.22. The van der Waals surface area contributed by atoms with Crippen molar-refractivity contribution in [3.8, 4) is 5.75 Å². The fraction of sp³-hybridized carbons (Fsp3) is 0.364. The van der Waals surface area contributed by atoms with E-state index >= 15 is 0 Å². The number of aliphatic hydroxyl groups excluding tert-OH is 2. The van der Waals surface area contributed by atoms with Gasteiger partial charge in [0.1, 0.15) is 5.75 Å². The standard InChI is InChI=1S/C11H12F3NO4/c12-11(13,14)19-9-3-1-7(2-4-9)10(18)15-5-8(17)6-16/h1-4,8,16-17H,5-6H2,(H,15,18). The first-order chi connectivity index (χ1) is 8.81. The molecule has 1 rings (SSSR count). The average molecular weight is 279 g/mol. The summed E-state index contributed by atoms with van der Waals surface area (Å²) in [6, 6.07) is 4.32. The van der Waals surface area contributed by atoms with Gasteiger partial charge in [-0.25, -0.2) is 0 Å². The van der Waals surface area contributed by atoms with Gasteiger partial charge in [0.25, 0.3) is 5.91 Å². The first-order valence-corrected chi connectivity index (χ1v) is 5.25. The molecule has 0 aliphatic heterocycles. The van der Waals surface area contributed by atoms with Crippen molar-refractivity contribution < 1.29 is 32.9 Å². The van der Waals surface area contributed by atoms with Crippen LogP contribution in [0.15, 0.2) is 24.3 Å². The summed E-state index contributed by atoms with van der Waals surface area (Å²) in [7, 11) is 0. The predicted molar refractivity (Wildman–Crippen MR) is 58.6 cm³/mol. The normalized spacial score (nSPS) is 12.9. The Balaban J connectivity index is 2.58. The van der Waals surface area contributed by atoms with Gasteiger partial charge in [0, 0.05) is 12.1 Å². The van der Waals surface area contributed by atoms with E-state index in [2.05, 4.69) is 10.1 Å². The number of amides is 1. The molecule has 106 valence electrons. The van der Waals surface area contributed by atoms with Crippen LogP contribution < -0.4 is 10.1 Å². The maximum atomic E-state index is 11.9. The second-order valence-electron chi connectivity index (χ2n) is 3.62. The monoisotopic (exact) mass is 279 g/mol. The highest BCUT2D eigenvalue weighted by atomic mass is 19.4. The molecule has 1 aromatic rings. The number of rotatable bonds is 5. The molecule has 0 saturated heterocycles. The first-order valence-electron chi connectivity index (χ1n) is 5.25. The molecule has 0 aliphatic rings. The third-order valence-corrected chi connectivity index (χ3v) is 2.06. The van der Waals surface area contributed by atoms with Crippen LogP contribution in [0.4, 0.5) is 13.2 Å². The SMILES string of the molecule is O=C(NCC(O)CO)c1ccc(OC(F)(F)F)cc1. The summed E-state index contributed by atoms with van der Waals surface area (Å²) >= 11 is 0. The molecule has 1 unspecified atom stereocenters. The van der Waals surface area contributed by atoms with Crippen LogP contribution in [0.25, 0.3) is 0 Å². The number of hydrogen-bond donors (Lipinski definition) is 3. The maximum absolute atomic E-state index is 11.9. The summed E-state index contributed by atoms with van der Waals surface area (Å²) in [4.78, 5) is 11.5. The van der Waals surface area contributed by atoms with Crippen LogP contribution in [0.3, 0.4) is 0 Å². The maximum Gasteiger partial charge on any atom is 0.573 e. The van der Waals surface area contributed by atoms with Crippen molar-refractivity contribution in [3.63, 3.8) is 0 Å². The van der Waals surface area contributed by atoms with Gasteiger partial charge in [0.05, 0.1) is 12.7 Å². The summed E-state index contributed by atoms with van der Waals surface area (Å²) in [6.45, 7) is -0.658. The molecule has 0 heterocycles. The van der Waals surface area contributed by atoms with Crippen molar-refractivity contribution in [2.24, 2.45) is 0 Å². The van der Waals surface area contributed by atoms with Crippen molar-refractivity contribution in [3.05, 3.63) is 29.8 Å². The topological polar surface area (TPSA) is 78.8 Å². The van der Waals surface area contributed by atoms with Gasteiger partial charge in [-0.15, -0.1) is 13.2 Å². The average Bonchev–Trinajstić information content (AvgIpc) is 2.34. The smallest absolute Gasteiger partial charge is 0.406 e. The van der Waals surface area contributed by atoms with E-state index in [1.807, 2.05) is 0 Å².